The van der Waals surface area contributed by atoms with E-state index in [2.05, 4.69) is 4.72 Å². The summed E-state index contributed by atoms with van der Waals surface area (Å²) in [6.07, 6.45) is 1.45. The molecule has 0 aliphatic rings. The second-order valence-electron chi connectivity index (χ2n) is 3.99. The first-order chi connectivity index (χ1) is 8.77. The highest BCUT2D eigenvalue weighted by molar-refractivity contribution is 7.89. The van der Waals surface area contributed by atoms with Crippen LogP contribution in [0, 0.1) is 17.1 Å². The van der Waals surface area contributed by atoms with Gasteiger partial charge in [0, 0.05) is 28.9 Å². The number of nitriles is 1. The molecule has 0 bridgehead atoms. The highest BCUT2D eigenvalue weighted by Crippen LogP contribution is 2.18. The van der Waals surface area contributed by atoms with Crippen LogP contribution in [0.3, 0.4) is 0 Å². The molecule has 0 amide bonds. The lowest BCUT2D eigenvalue weighted by Crippen LogP contribution is -2.36. The van der Waals surface area contributed by atoms with Gasteiger partial charge in [-0.15, -0.1) is 0 Å². The molecule has 0 heterocycles. The summed E-state index contributed by atoms with van der Waals surface area (Å²) in [6, 6.07) is 4.34. The largest absolute Gasteiger partial charge is 0.260 e. The molecule has 1 N–H and O–H groups in total. The van der Waals surface area contributed by atoms with Crippen molar-refractivity contribution in [3.05, 3.63) is 29.6 Å². The van der Waals surface area contributed by atoms with Crippen LogP contribution in [0.25, 0.3) is 0 Å². The Bertz CT molecular complexity index is 638. The molecule has 0 aliphatic carbocycles. The van der Waals surface area contributed by atoms with E-state index in [1.165, 1.54) is 18.4 Å². The van der Waals surface area contributed by atoms with E-state index in [1.807, 2.05) is 0 Å². The zero-order valence-electron chi connectivity index (χ0n) is 10.4. The molecule has 0 saturated heterocycles. The van der Waals surface area contributed by atoms with Gasteiger partial charge in [0.05, 0.1) is 0 Å². The fraction of sp³-hybridized carbons (Fsp3) is 0.364. The van der Waals surface area contributed by atoms with Gasteiger partial charge in [0.2, 0.25) is 10.0 Å². The SMILES string of the molecule is CC(CS(C)=O)NS(=O)(=O)c1cccc(F)c1C#N. The van der Waals surface area contributed by atoms with Crippen LogP contribution in [0.4, 0.5) is 4.39 Å². The summed E-state index contributed by atoms with van der Waals surface area (Å²) in [5.41, 5.74) is -0.528. The Hall–Kier alpha value is -1.30. The number of halogens is 1. The summed E-state index contributed by atoms with van der Waals surface area (Å²) in [6.45, 7) is 1.55. The van der Waals surface area contributed by atoms with E-state index in [4.69, 9.17) is 5.26 Å². The molecular weight excluding hydrogens is 291 g/mol. The number of hydrogen-bond acceptors (Lipinski definition) is 4. The Morgan fingerprint density at radius 1 is 1.53 bits per heavy atom. The standard InChI is InChI=1S/C11H13FN2O3S2/c1-8(7-18(2)15)14-19(16,17)11-5-3-4-10(12)9(11)6-13/h3-5,8,14H,7H2,1-2H3. The molecule has 104 valence electrons. The number of rotatable bonds is 5. The number of sulfonamides is 1. The average molecular weight is 304 g/mol. The molecule has 1 aromatic carbocycles. The van der Waals surface area contributed by atoms with Crippen molar-refractivity contribution in [1.82, 2.24) is 4.72 Å². The number of hydrogen-bond donors (Lipinski definition) is 1. The second-order valence-corrected chi connectivity index (χ2v) is 7.15. The van der Waals surface area contributed by atoms with Gasteiger partial charge in [-0.3, -0.25) is 4.21 Å². The minimum Gasteiger partial charge on any atom is -0.260 e. The van der Waals surface area contributed by atoms with Crippen LogP contribution in [0.5, 0.6) is 0 Å². The zero-order chi connectivity index (χ0) is 14.6. The van der Waals surface area contributed by atoms with Crippen molar-refractivity contribution in [3.63, 3.8) is 0 Å². The first-order valence-electron chi connectivity index (χ1n) is 5.29. The molecule has 0 aliphatic heterocycles. The van der Waals surface area contributed by atoms with E-state index in [0.29, 0.717) is 0 Å². The van der Waals surface area contributed by atoms with Crippen molar-refractivity contribution in [2.24, 2.45) is 0 Å². The fourth-order valence-electron chi connectivity index (χ4n) is 1.55. The molecule has 0 saturated carbocycles. The van der Waals surface area contributed by atoms with E-state index in [0.717, 1.165) is 12.1 Å². The van der Waals surface area contributed by atoms with Crippen molar-refractivity contribution >= 4 is 20.8 Å². The van der Waals surface area contributed by atoms with Crippen LogP contribution in [-0.4, -0.2) is 30.7 Å². The van der Waals surface area contributed by atoms with Crippen LogP contribution in [-0.2, 0) is 20.8 Å². The van der Waals surface area contributed by atoms with E-state index >= 15 is 0 Å². The van der Waals surface area contributed by atoms with Crippen molar-refractivity contribution in [1.29, 1.82) is 5.26 Å². The quantitative estimate of drug-likeness (QED) is 0.869. The fourth-order valence-corrected chi connectivity index (χ4v) is 3.85. The lowest BCUT2D eigenvalue weighted by Gasteiger charge is -2.13. The summed E-state index contributed by atoms with van der Waals surface area (Å²) in [4.78, 5) is -0.413. The molecule has 1 rings (SSSR count). The van der Waals surface area contributed by atoms with Gasteiger partial charge in [0.25, 0.3) is 0 Å². The summed E-state index contributed by atoms with van der Waals surface area (Å²) < 4.78 is 50.7. The van der Waals surface area contributed by atoms with E-state index in [-0.39, 0.29) is 5.75 Å². The smallest absolute Gasteiger partial charge is 0.242 e. The zero-order valence-corrected chi connectivity index (χ0v) is 12.0. The molecule has 8 heteroatoms. The summed E-state index contributed by atoms with van der Waals surface area (Å²) >= 11 is 0. The van der Waals surface area contributed by atoms with E-state index in [1.54, 1.807) is 6.92 Å². The third-order valence-corrected chi connectivity index (χ3v) is 4.82. The van der Waals surface area contributed by atoms with Crippen LogP contribution in [0.15, 0.2) is 23.1 Å². The summed E-state index contributed by atoms with van der Waals surface area (Å²) in [5.74, 6) is -0.756. The van der Waals surface area contributed by atoms with Crippen molar-refractivity contribution < 1.29 is 17.0 Å². The van der Waals surface area contributed by atoms with Gasteiger partial charge < -0.3 is 0 Å². The normalized spacial score (nSPS) is 14.6. The average Bonchev–Trinajstić information content (AvgIpc) is 2.26. The van der Waals surface area contributed by atoms with Crippen molar-refractivity contribution in [2.75, 3.05) is 12.0 Å². The number of nitrogens with one attached hydrogen (secondary N) is 1. The minimum absolute atomic E-state index is 0.135. The molecule has 1 aromatic rings. The van der Waals surface area contributed by atoms with Crippen LogP contribution >= 0.6 is 0 Å². The summed E-state index contributed by atoms with van der Waals surface area (Å²) in [5, 5.41) is 8.81. The molecule has 2 atom stereocenters. The minimum atomic E-state index is -4.02. The van der Waals surface area contributed by atoms with Gasteiger partial charge in [-0.05, 0) is 19.1 Å². The number of nitrogens with zero attached hydrogens (tertiary/aromatic N) is 1. The Kier molecular flexibility index (Phi) is 5.17. The molecule has 0 spiro atoms. The maximum Gasteiger partial charge on any atom is 0.242 e. The maximum atomic E-state index is 13.4. The summed E-state index contributed by atoms with van der Waals surface area (Å²) in [7, 11) is -5.18. The Morgan fingerprint density at radius 3 is 2.68 bits per heavy atom. The topological polar surface area (TPSA) is 87.0 Å². The van der Waals surface area contributed by atoms with Crippen molar-refractivity contribution in [2.45, 2.75) is 17.9 Å². The third-order valence-electron chi connectivity index (χ3n) is 2.22. The first-order valence-corrected chi connectivity index (χ1v) is 8.50. The van der Waals surface area contributed by atoms with Gasteiger partial charge in [-0.1, -0.05) is 6.07 Å². The molecule has 0 aromatic heterocycles. The number of benzene rings is 1. The third kappa shape index (κ3) is 4.09. The highest BCUT2D eigenvalue weighted by atomic mass is 32.2. The Labute approximate surface area is 113 Å². The van der Waals surface area contributed by atoms with Gasteiger partial charge in [-0.25, -0.2) is 17.5 Å². The molecule has 2 unspecified atom stereocenters. The lowest BCUT2D eigenvalue weighted by atomic mass is 10.2. The maximum absolute atomic E-state index is 13.4. The van der Waals surface area contributed by atoms with E-state index in [9.17, 15) is 17.0 Å². The second kappa shape index (κ2) is 6.23. The molecular formula is C11H13FN2O3S2. The van der Waals surface area contributed by atoms with Gasteiger partial charge in [-0.2, -0.15) is 5.26 Å². The van der Waals surface area contributed by atoms with Gasteiger partial charge >= 0.3 is 0 Å². The van der Waals surface area contributed by atoms with Gasteiger partial charge in [0.1, 0.15) is 22.3 Å². The first kappa shape index (κ1) is 15.8. The predicted molar refractivity (Wildman–Crippen MR) is 69.8 cm³/mol. The predicted octanol–water partition coefficient (Wildman–Crippen LogP) is 0.743. The van der Waals surface area contributed by atoms with Crippen LogP contribution in [0.1, 0.15) is 12.5 Å². The van der Waals surface area contributed by atoms with Crippen LogP contribution in [0.2, 0.25) is 0 Å². The van der Waals surface area contributed by atoms with E-state index < -0.39 is 43.1 Å². The molecule has 19 heavy (non-hydrogen) atoms. The van der Waals surface area contributed by atoms with Gasteiger partial charge in [0.15, 0.2) is 0 Å². The Balaban J connectivity index is 3.12. The monoisotopic (exact) mass is 304 g/mol. The molecule has 0 fully saturated rings. The van der Waals surface area contributed by atoms with Crippen molar-refractivity contribution in [3.8, 4) is 6.07 Å². The highest BCUT2D eigenvalue weighted by Gasteiger charge is 2.23. The molecule has 5 nitrogen and oxygen atoms in total. The lowest BCUT2D eigenvalue weighted by molar-refractivity contribution is 0.566. The molecule has 0 radical (unpaired) electrons. The Morgan fingerprint density at radius 2 is 2.16 bits per heavy atom. The van der Waals surface area contributed by atoms with Crippen LogP contribution < -0.4 is 4.72 Å².